The Labute approximate surface area is 338 Å². The van der Waals surface area contributed by atoms with E-state index in [1.165, 1.54) is 6.42 Å². The van der Waals surface area contributed by atoms with Crippen LogP contribution in [-0.2, 0) is 58.4 Å². The van der Waals surface area contributed by atoms with E-state index in [9.17, 15) is 45.1 Å². The summed E-state index contributed by atoms with van der Waals surface area (Å²) in [6.45, 7) is 12.9. The van der Waals surface area contributed by atoms with Crippen LogP contribution in [0.5, 0.6) is 0 Å². The van der Waals surface area contributed by atoms with Gasteiger partial charge in [-0.3, -0.25) is 28.3 Å². The molecule has 0 aliphatic rings. The fourth-order valence-corrected chi connectivity index (χ4v) is 6.87. The molecule has 0 aromatic rings. The summed E-state index contributed by atoms with van der Waals surface area (Å²) in [5, 5.41) is -3.87. The lowest BCUT2D eigenvalue weighted by molar-refractivity contribution is -0.151. The maximum Gasteiger partial charge on any atom is 0.327 e. The molecule has 0 aromatic heterocycles. The average Bonchev–Trinajstić information content (AvgIpc) is 3.14. The van der Waals surface area contributed by atoms with Gasteiger partial charge in [0.2, 0.25) is 0 Å². The monoisotopic (exact) mass is 844 g/mol. The first-order valence-electron chi connectivity index (χ1n) is 21.1. The first-order chi connectivity index (χ1) is 26.5. The molecule has 0 aromatic carbocycles. The van der Waals surface area contributed by atoms with Crippen molar-refractivity contribution in [1.29, 1.82) is 0 Å². The number of hydrogen-bond acceptors (Lipinski definition) is 12. The highest BCUT2D eigenvalue weighted by Gasteiger charge is 2.37. The summed E-state index contributed by atoms with van der Waals surface area (Å²) >= 11 is 0. The van der Waals surface area contributed by atoms with Crippen LogP contribution in [0.4, 0.5) is 0 Å². The molecule has 0 spiro atoms. The molecule has 0 saturated carbocycles. The Morgan fingerprint density at radius 3 is 1.18 bits per heavy atom. The molecular formula is C40H76O14S2. The molecule has 0 radical (unpaired) electrons. The second-order valence-electron chi connectivity index (χ2n) is 14.5. The standard InChI is InChI=1S/2C20H38O7S/c1-5-9-11-16(7-3)14-26-19(21)13-18(28(23,24)25)20(22)27-15-17(8-4)12-10-6-2;1-3-5-7-9-11-13-15-26-19(21)17-18(28(23,24)25)20(22)27-16-14-12-10-8-6-4-2/h16-18H,5-15H2,1-4H3,(H,23,24,25);18H,3-17H2,1-2H3,(H,23,24,25). The average molecular weight is 845 g/mol. The number of hydrogen-bond donors (Lipinski definition) is 2. The van der Waals surface area contributed by atoms with Gasteiger partial charge in [-0.25, -0.2) is 0 Å². The summed E-state index contributed by atoms with van der Waals surface area (Å²) in [6, 6.07) is 0. The molecule has 0 fully saturated rings. The Balaban J connectivity index is 0. The molecule has 0 aliphatic carbocycles. The fourth-order valence-electron chi connectivity index (χ4n) is 5.56. The minimum absolute atomic E-state index is 0.0732. The Kier molecular flexibility index (Phi) is 34.6. The smallest absolute Gasteiger partial charge is 0.327 e. The molecule has 0 aliphatic heterocycles. The number of rotatable bonds is 34. The second kappa shape index (κ2) is 34.7. The van der Waals surface area contributed by atoms with Crippen LogP contribution < -0.4 is 0 Å². The summed E-state index contributed by atoms with van der Waals surface area (Å²) in [5.74, 6) is -3.54. The third-order valence-electron chi connectivity index (χ3n) is 9.48. The molecule has 56 heavy (non-hydrogen) atoms. The van der Waals surface area contributed by atoms with Gasteiger partial charge < -0.3 is 18.9 Å². The number of carbonyl (C=O) groups is 4. The highest BCUT2D eigenvalue weighted by Crippen LogP contribution is 2.17. The minimum atomic E-state index is -4.76. The minimum Gasteiger partial charge on any atom is -0.466 e. The van der Waals surface area contributed by atoms with E-state index < -0.39 is 67.5 Å². The van der Waals surface area contributed by atoms with Crippen LogP contribution in [0.25, 0.3) is 0 Å². The summed E-state index contributed by atoms with van der Waals surface area (Å²) < 4.78 is 84.8. The van der Waals surface area contributed by atoms with Crippen molar-refractivity contribution in [3.8, 4) is 0 Å². The lowest BCUT2D eigenvalue weighted by Crippen LogP contribution is -2.35. The van der Waals surface area contributed by atoms with Crippen LogP contribution in [0.3, 0.4) is 0 Å². The van der Waals surface area contributed by atoms with Gasteiger partial charge in [0.05, 0.1) is 39.3 Å². The van der Waals surface area contributed by atoms with E-state index in [0.29, 0.717) is 12.8 Å². The van der Waals surface area contributed by atoms with Gasteiger partial charge in [0, 0.05) is 0 Å². The van der Waals surface area contributed by atoms with Crippen molar-refractivity contribution in [1.82, 2.24) is 0 Å². The summed E-state index contributed by atoms with van der Waals surface area (Å²) in [4.78, 5) is 48.0. The largest absolute Gasteiger partial charge is 0.466 e. The number of esters is 4. The summed E-state index contributed by atoms with van der Waals surface area (Å²) in [6.07, 6.45) is 18.1. The highest BCUT2D eigenvalue weighted by molar-refractivity contribution is 7.87. The molecule has 0 saturated heterocycles. The van der Waals surface area contributed by atoms with E-state index in [1.54, 1.807) is 0 Å². The molecule has 332 valence electrons. The van der Waals surface area contributed by atoms with Crippen LogP contribution >= 0.6 is 0 Å². The van der Waals surface area contributed by atoms with Crippen molar-refractivity contribution >= 4 is 44.1 Å². The van der Waals surface area contributed by atoms with Crippen molar-refractivity contribution in [2.75, 3.05) is 26.4 Å². The van der Waals surface area contributed by atoms with E-state index in [-0.39, 0.29) is 38.3 Å². The molecular weight excluding hydrogens is 769 g/mol. The van der Waals surface area contributed by atoms with Gasteiger partial charge in [0.15, 0.2) is 10.5 Å². The number of ether oxygens (including phenoxy) is 4. The molecule has 2 N–H and O–H groups in total. The van der Waals surface area contributed by atoms with Crippen LogP contribution in [0, 0.1) is 11.8 Å². The molecule has 0 rings (SSSR count). The molecule has 16 heteroatoms. The predicted molar refractivity (Wildman–Crippen MR) is 217 cm³/mol. The first kappa shape index (κ1) is 55.8. The molecule has 14 nitrogen and oxygen atoms in total. The van der Waals surface area contributed by atoms with Gasteiger partial charge >= 0.3 is 23.9 Å². The van der Waals surface area contributed by atoms with Crippen molar-refractivity contribution in [3.05, 3.63) is 0 Å². The zero-order valence-corrected chi connectivity index (χ0v) is 36.9. The predicted octanol–water partition coefficient (Wildman–Crippen LogP) is 8.59. The number of carbonyl (C=O) groups excluding carboxylic acids is 4. The zero-order chi connectivity index (χ0) is 42.8. The van der Waals surface area contributed by atoms with E-state index in [4.69, 9.17) is 18.9 Å². The lowest BCUT2D eigenvalue weighted by Gasteiger charge is -2.18. The van der Waals surface area contributed by atoms with Crippen LogP contribution in [0.1, 0.15) is 183 Å². The summed E-state index contributed by atoms with van der Waals surface area (Å²) in [5.41, 5.74) is 0. The van der Waals surface area contributed by atoms with Gasteiger partial charge in [-0.2, -0.15) is 16.8 Å². The van der Waals surface area contributed by atoms with Gasteiger partial charge in [-0.05, 0) is 37.5 Å². The topological polar surface area (TPSA) is 214 Å². The summed E-state index contributed by atoms with van der Waals surface area (Å²) in [7, 11) is -9.50. The second-order valence-corrected chi connectivity index (χ2v) is 17.7. The number of unbranched alkanes of at least 4 members (excludes halogenated alkanes) is 12. The maximum absolute atomic E-state index is 12.2. The normalized spacial score (nSPS) is 13.7. The first-order valence-corrected chi connectivity index (χ1v) is 24.1. The Morgan fingerprint density at radius 2 is 0.786 bits per heavy atom. The van der Waals surface area contributed by atoms with Crippen LogP contribution in [0.15, 0.2) is 0 Å². The molecule has 0 bridgehead atoms. The zero-order valence-electron chi connectivity index (χ0n) is 35.3. The highest BCUT2D eigenvalue weighted by atomic mass is 32.2. The SMILES string of the molecule is CCCCC(CC)COC(=O)CC(C(=O)OCC(CC)CCCC)S(=O)(=O)O.CCCCCCCCOC(=O)CC(C(=O)OCCCCCCCC)S(=O)(=O)O. The van der Waals surface area contributed by atoms with Crippen molar-refractivity contribution in [2.24, 2.45) is 11.8 Å². The van der Waals surface area contributed by atoms with E-state index in [2.05, 4.69) is 27.7 Å². The van der Waals surface area contributed by atoms with Gasteiger partial charge in [-0.15, -0.1) is 0 Å². The van der Waals surface area contributed by atoms with Crippen molar-refractivity contribution in [2.45, 2.75) is 193 Å². The maximum atomic E-state index is 12.2. The molecule has 4 unspecified atom stereocenters. The van der Waals surface area contributed by atoms with Gasteiger partial charge in [0.1, 0.15) is 0 Å². The van der Waals surface area contributed by atoms with E-state index >= 15 is 0 Å². The van der Waals surface area contributed by atoms with Crippen molar-refractivity contribution in [3.63, 3.8) is 0 Å². The fraction of sp³-hybridized carbons (Fsp3) is 0.900. The van der Waals surface area contributed by atoms with E-state index in [0.717, 1.165) is 109 Å². The van der Waals surface area contributed by atoms with Gasteiger partial charge in [0.25, 0.3) is 20.2 Å². The third kappa shape index (κ3) is 30.8. The lowest BCUT2D eigenvalue weighted by atomic mass is 10.0. The van der Waals surface area contributed by atoms with Crippen LogP contribution in [0.2, 0.25) is 0 Å². The Bertz CT molecular complexity index is 1250. The molecule has 4 atom stereocenters. The Hall–Kier alpha value is -2.30. The van der Waals surface area contributed by atoms with Crippen molar-refractivity contribution < 1.29 is 64.1 Å². The van der Waals surface area contributed by atoms with Crippen LogP contribution in [-0.4, -0.2) is 86.7 Å². The Morgan fingerprint density at radius 1 is 0.446 bits per heavy atom. The molecule has 0 amide bonds. The molecule has 0 heterocycles. The third-order valence-corrected chi connectivity index (χ3v) is 11.6. The van der Waals surface area contributed by atoms with E-state index in [1.807, 2.05) is 13.8 Å². The van der Waals surface area contributed by atoms with Gasteiger partial charge in [-0.1, -0.05) is 144 Å². The quantitative estimate of drug-likeness (QED) is 0.0269.